The number of carbonyl (C=O) groups excluding carboxylic acids is 2. The zero-order valence-corrected chi connectivity index (χ0v) is 15.2. The number of benzene rings is 1. The van der Waals surface area contributed by atoms with E-state index in [2.05, 4.69) is 11.7 Å². The van der Waals surface area contributed by atoms with Crippen LogP contribution in [0.3, 0.4) is 0 Å². The van der Waals surface area contributed by atoms with Crippen molar-refractivity contribution in [3.8, 4) is 0 Å². The second-order valence-corrected chi connectivity index (χ2v) is 6.63. The lowest BCUT2D eigenvalue weighted by Crippen LogP contribution is -2.31. The first-order valence-electron chi connectivity index (χ1n) is 8.23. The molecule has 1 aromatic rings. The van der Waals surface area contributed by atoms with Gasteiger partial charge in [-0.25, -0.2) is 4.39 Å². The van der Waals surface area contributed by atoms with Crippen molar-refractivity contribution >= 4 is 23.6 Å². The van der Waals surface area contributed by atoms with Gasteiger partial charge < -0.3 is 9.64 Å². The molecule has 4 nitrogen and oxygen atoms in total. The summed E-state index contributed by atoms with van der Waals surface area (Å²) in [5.41, 5.74) is 0.920. The molecule has 0 bridgehead atoms. The Kier molecular flexibility index (Phi) is 10.2. The van der Waals surface area contributed by atoms with Crippen LogP contribution in [0.25, 0.3) is 0 Å². The highest BCUT2D eigenvalue weighted by molar-refractivity contribution is 7.99. The number of hydrogen-bond acceptors (Lipinski definition) is 4. The molecule has 0 N–H and O–H groups in total. The molecule has 0 aliphatic rings. The van der Waals surface area contributed by atoms with E-state index < -0.39 is 0 Å². The summed E-state index contributed by atoms with van der Waals surface area (Å²) in [6, 6.07) is 6.25. The van der Waals surface area contributed by atoms with Gasteiger partial charge in [0, 0.05) is 25.3 Å². The molecule has 1 amide bonds. The number of rotatable bonds is 11. The van der Waals surface area contributed by atoms with Gasteiger partial charge in [-0.1, -0.05) is 31.9 Å². The molecule has 0 saturated heterocycles. The second-order valence-electron chi connectivity index (χ2n) is 5.53. The first-order valence-corrected chi connectivity index (χ1v) is 9.39. The van der Waals surface area contributed by atoms with Crippen LogP contribution in [-0.4, -0.2) is 41.9 Å². The largest absolute Gasteiger partial charge is 0.468 e. The third kappa shape index (κ3) is 8.34. The molecule has 0 aliphatic carbocycles. The van der Waals surface area contributed by atoms with Gasteiger partial charge in [-0.15, -0.1) is 11.8 Å². The van der Waals surface area contributed by atoms with E-state index in [-0.39, 0.29) is 23.4 Å². The van der Waals surface area contributed by atoms with Crippen LogP contribution in [0.1, 0.15) is 38.2 Å². The molecule has 0 aromatic heterocycles. The Balaban J connectivity index is 2.51. The van der Waals surface area contributed by atoms with E-state index in [1.54, 1.807) is 12.1 Å². The minimum Gasteiger partial charge on any atom is -0.468 e. The van der Waals surface area contributed by atoms with Crippen molar-refractivity contribution in [2.45, 2.75) is 39.2 Å². The molecule has 0 saturated carbocycles. The van der Waals surface area contributed by atoms with Gasteiger partial charge in [-0.3, -0.25) is 9.59 Å². The number of methoxy groups -OCH3 is 1. The maximum Gasteiger partial charge on any atom is 0.315 e. The quantitative estimate of drug-likeness (QED) is 0.449. The lowest BCUT2D eigenvalue weighted by atomic mass is 10.2. The van der Waals surface area contributed by atoms with Crippen molar-refractivity contribution in [2.24, 2.45) is 0 Å². The van der Waals surface area contributed by atoms with E-state index in [0.717, 1.165) is 24.8 Å². The minimum absolute atomic E-state index is 0.0628. The summed E-state index contributed by atoms with van der Waals surface area (Å²) in [7, 11) is 1.35. The van der Waals surface area contributed by atoms with Gasteiger partial charge in [0.15, 0.2) is 0 Å². The summed E-state index contributed by atoms with van der Waals surface area (Å²) < 4.78 is 17.6. The van der Waals surface area contributed by atoms with E-state index in [0.29, 0.717) is 25.3 Å². The summed E-state index contributed by atoms with van der Waals surface area (Å²) in [6.45, 7) is 3.31. The fourth-order valence-corrected chi connectivity index (χ4v) is 2.93. The number of amides is 1. The van der Waals surface area contributed by atoms with Gasteiger partial charge in [-0.05, 0) is 24.1 Å². The summed E-state index contributed by atoms with van der Waals surface area (Å²) in [6.07, 6.45) is 3.51. The van der Waals surface area contributed by atoms with Crippen LogP contribution in [-0.2, 0) is 20.9 Å². The molecule has 134 valence electrons. The van der Waals surface area contributed by atoms with Crippen LogP contribution in [0.5, 0.6) is 0 Å². The zero-order valence-electron chi connectivity index (χ0n) is 14.4. The molecule has 24 heavy (non-hydrogen) atoms. The Labute approximate surface area is 147 Å². The lowest BCUT2D eigenvalue weighted by molar-refractivity contribution is -0.137. The van der Waals surface area contributed by atoms with Gasteiger partial charge in [0.25, 0.3) is 0 Å². The number of unbranched alkanes of at least 4 members (excludes halogenated alkanes) is 2. The van der Waals surface area contributed by atoms with Gasteiger partial charge in [-0.2, -0.15) is 0 Å². The van der Waals surface area contributed by atoms with Crippen LogP contribution in [0.2, 0.25) is 0 Å². The molecule has 1 rings (SSSR count). The Morgan fingerprint density at radius 3 is 2.54 bits per heavy atom. The topological polar surface area (TPSA) is 46.6 Å². The Morgan fingerprint density at radius 1 is 1.21 bits per heavy atom. The molecular formula is C18H26FNO3S. The predicted octanol–water partition coefficient (Wildman–Crippen LogP) is 3.64. The summed E-state index contributed by atoms with van der Waals surface area (Å²) in [4.78, 5) is 25.3. The van der Waals surface area contributed by atoms with Crippen molar-refractivity contribution in [3.05, 3.63) is 35.6 Å². The van der Waals surface area contributed by atoms with E-state index in [4.69, 9.17) is 0 Å². The first kappa shape index (κ1) is 20.5. The van der Waals surface area contributed by atoms with Crippen molar-refractivity contribution in [1.29, 1.82) is 0 Å². The Bertz CT molecular complexity index is 507. The second kappa shape index (κ2) is 11.9. The van der Waals surface area contributed by atoms with Gasteiger partial charge in [0.1, 0.15) is 5.82 Å². The summed E-state index contributed by atoms with van der Waals surface area (Å²) in [5.74, 6) is 0.354. The van der Waals surface area contributed by atoms with Crippen LogP contribution in [0.15, 0.2) is 24.3 Å². The van der Waals surface area contributed by atoms with Crippen LogP contribution >= 0.6 is 11.8 Å². The zero-order chi connectivity index (χ0) is 17.8. The van der Waals surface area contributed by atoms with Crippen molar-refractivity contribution in [2.75, 3.05) is 25.2 Å². The number of carbonyl (C=O) groups is 2. The number of hydrogen-bond donors (Lipinski definition) is 0. The number of thioether (sulfide) groups is 1. The first-order chi connectivity index (χ1) is 11.6. The predicted molar refractivity (Wildman–Crippen MR) is 95.3 cm³/mol. The fraction of sp³-hybridized carbons (Fsp3) is 0.556. The molecule has 0 spiro atoms. The summed E-state index contributed by atoms with van der Waals surface area (Å²) in [5, 5.41) is 0. The van der Waals surface area contributed by atoms with Crippen molar-refractivity contribution in [3.63, 3.8) is 0 Å². The lowest BCUT2D eigenvalue weighted by Gasteiger charge is -2.23. The molecule has 0 unspecified atom stereocenters. The highest BCUT2D eigenvalue weighted by Crippen LogP contribution is 2.12. The molecular weight excluding hydrogens is 329 g/mol. The molecule has 0 heterocycles. The average Bonchev–Trinajstić information content (AvgIpc) is 2.59. The number of halogens is 1. The average molecular weight is 355 g/mol. The molecule has 0 radical (unpaired) electrons. The van der Waals surface area contributed by atoms with E-state index in [9.17, 15) is 14.0 Å². The maximum absolute atomic E-state index is 13.0. The van der Waals surface area contributed by atoms with Crippen molar-refractivity contribution in [1.82, 2.24) is 4.90 Å². The van der Waals surface area contributed by atoms with Crippen LogP contribution < -0.4 is 0 Å². The highest BCUT2D eigenvalue weighted by atomic mass is 32.2. The summed E-state index contributed by atoms with van der Waals surface area (Å²) >= 11 is 1.40. The monoisotopic (exact) mass is 355 g/mol. The van der Waals surface area contributed by atoms with Crippen LogP contribution in [0.4, 0.5) is 4.39 Å². The normalized spacial score (nSPS) is 10.5. The van der Waals surface area contributed by atoms with E-state index in [1.807, 2.05) is 4.90 Å². The van der Waals surface area contributed by atoms with E-state index >= 15 is 0 Å². The molecule has 6 heteroatoms. The van der Waals surface area contributed by atoms with Crippen LogP contribution in [0, 0.1) is 5.82 Å². The third-order valence-corrected chi connectivity index (χ3v) is 4.51. The number of esters is 1. The molecule has 0 atom stereocenters. The van der Waals surface area contributed by atoms with Gasteiger partial charge in [0.2, 0.25) is 5.91 Å². The molecule has 0 aliphatic heterocycles. The van der Waals surface area contributed by atoms with Gasteiger partial charge >= 0.3 is 5.97 Å². The smallest absolute Gasteiger partial charge is 0.315 e. The Hall–Kier alpha value is -1.56. The maximum atomic E-state index is 13.0. The molecule has 0 fully saturated rings. The van der Waals surface area contributed by atoms with Crippen molar-refractivity contribution < 1.29 is 18.7 Å². The Morgan fingerprint density at radius 2 is 1.92 bits per heavy atom. The fourth-order valence-electron chi connectivity index (χ4n) is 2.19. The minimum atomic E-state index is -0.279. The molecule has 1 aromatic carbocycles. The van der Waals surface area contributed by atoms with Gasteiger partial charge in [0.05, 0.1) is 12.9 Å². The standard InChI is InChI=1S/C18H26FNO3S/c1-3-4-5-11-20(13-15-6-8-16(19)9-7-15)17(21)10-12-24-14-18(22)23-2/h6-9H,3-5,10-14H2,1-2H3. The SMILES string of the molecule is CCCCCN(Cc1ccc(F)cc1)C(=O)CCSCC(=O)OC. The number of ether oxygens (including phenoxy) is 1. The van der Waals surface area contributed by atoms with E-state index in [1.165, 1.54) is 31.0 Å². The highest BCUT2D eigenvalue weighted by Gasteiger charge is 2.14. The third-order valence-electron chi connectivity index (χ3n) is 3.58. The number of nitrogens with zero attached hydrogens (tertiary/aromatic N) is 1.